The molecule has 2 aromatic rings. The number of primary amides is 1. The molecule has 0 saturated carbocycles. The molecule has 0 aliphatic heterocycles. The van der Waals surface area contributed by atoms with Gasteiger partial charge in [0, 0.05) is 23.9 Å². The highest BCUT2D eigenvalue weighted by Gasteiger charge is 2.13. The molecule has 3 amide bonds. The first-order chi connectivity index (χ1) is 13.5. The van der Waals surface area contributed by atoms with Gasteiger partial charge in [0.05, 0.1) is 17.9 Å². The average molecular weight is 448 g/mol. The van der Waals surface area contributed by atoms with Crippen molar-refractivity contribution in [2.75, 3.05) is 18.5 Å². The van der Waals surface area contributed by atoms with Crippen molar-refractivity contribution in [1.82, 2.24) is 5.32 Å². The number of hydrogen-bond acceptors (Lipinski definition) is 4. The largest absolute Gasteiger partial charge is 0.494 e. The third kappa shape index (κ3) is 7.40. The molecule has 2 rings (SSSR count). The quantitative estimate of drug-likeness (QED) is 0.486. The molecule has 148 valence electrons. The van der Waals surface area contributed by atoms with Crippen molar-refractivity contribution >= 4 is 39.3 Å². The summed E-state index contributed by atoms with van der Waals surface area (Å²) in [5, 5.41) is 5.35. The maximum atomic E-state index is 12.2. The van der Waals surface area contributed by atoms with E-state index in [2.05, 4.69) is 26.6 Å². The second kappa shape index (κ2) is 11.1. The maximum absolute atomic E-state index is 12.2. The highest BCUT2D eigenvalue weighted by molar-refractivity contribution is 9.10. The molecule has 8 heteroatoms. The van der Waals surface area contributed by atoms with Crippen LogP contribution in [0.1, 0.15) is 29.6 Å². The van der Waals surface area contributed by atoms with E-state index >= 15 is 0 Å². The minimum Gasteiger partial charge on any atom is -0.494 e. The number of carbonyl (C=O) groups excluding carboxylic acids is 3. The van der Waals surface area contributed by atoms with E-state index in [4.69, 9.17) is 10.5 Å². The summed E-state index contributed by atoms with van der Waals surface area (Å²) >= 11 is 3.37. The minimum atomic E-state index is -0.494. The molecule has 0 spiro atoms. The standard InChI is InChI=1S/C20H22BrN3O4/c21-14-5-3-6-15(13-14)28-12-4-9-19(26)24-17-8-2-1-7-16(17)20(27)23-11-10-18(22)25/h1-3,5-8,13H,4,9-12H2,(H2,22,25)(H,23,27)(H,24,26). The van der Waals surface area contributed by atoms with E-state index in [9.17, 15) is 14.4 Å². The van der Waals surface area contributed by atoms with Gasteiger partial charge in [0.25, 0.3) is 5.91 Å². The lowest BCUT2D eigenvalue weighted by Gasteiger charge is -2.11. The smallest absolute Gasteiger partial charge is 0.253 e. The number of carbonyl (C=O) groups is 3. The Morgan fingerprint density at radius 3 is 2.57 bits per heavy atom. The summed E-state index contributed by atoms with van der Waals surface area (Å²) < 4.78 is 6.53. The predicted octanol–water partition coefficient (Wildman–Crippen LogP) is 2.85. The molecule has 2 aromatic carbocycles. The molecule has 4 N–H and O–H groups in total. The van der Waals surface area contributed by atoms with Crippen LogP contribution < -0.4 is 21.1 Å². The summed E-state index contributed by atoms with van der Waals surface area (Å²) in [6.45, 7) is 0.544. The van der Waals surface area contributed by atoms with Crippen molar-refractivity contribution in [2.24, 2.45) is 5.73 Å². The van der Waals surface area contributed by atoms with Gasteiger partial charge in [-0.15, -0.1) is 0 Å². The molecule has 0 unspecified atom stereocenters. The summed E-state index contributed by atoms with van der Waals surface area (Å²) in [6.07, 6.45) is 0.842. The lowest BCUT2D eigenvalue weighted by Crippen LogP contribution is -2.28. The van der Waals surface area contributed by atoms with Crippen LogP contribution in [0.4, 0.5) is 5.69 Å². The molecule has 0 fully saturated rings. The Hall–Kier alpha value is -2.87. The van der Waals surface area contributed by atoms with Crippen molar-refractivity contribution in [1.29, 1.82) is 0 Å². The topological polar surface area (TPSA) is 111 Å². The van der Waals surface area contributed by atoms with Crippen LogP contribution in [0.25, 0.3) is 0 Å². The Labute approximate surface area is 171 Å². The monoisotopic (exact) mass is 447 g/mol. The Morgan fingerprint density at radius 1 is 1.04 bits per heavy atom. The SMILES string of the molecule is NC(=O)CCNC(=O)c1ccccc1NC(=O)CCCOc1cccc(Br)c1. The fourth-order valence-electron chi connectivity index (χ4n) is 2.38. The van der Waals surface area contributed by atoms with E-state index in [0.717, 1.165) is 10.2 Å². The fraction of sp³-hybridized carbons (Fsp3) is 0.250. The van der Waals surface area contributed by atoms with Crippen LogP contribution in [0.2, 0.25) is 0 Å². The number of nitrogens with two attached hydrogens (primary N) is 1. The van der Waals surface area contributed by atoms with Gasteiger partial charge in [-0.1, -0.05) is 34.1 Å². The molecule has 28 heavy (non-hydrogen) atoms. The number of benzene rings is 2. The van der Waals surface area contributed by atoms with E-state index in [0.29, 0.717) is 24.3 Å². The van der Waals surface area contributed by atoms with Gasteiger partial charge >= 0.3 is 0 Å². The van der Waals surface area contributed by atoms with Crippen molar-refractivity contribution < 1.29 is 19.1 Å². The zero-order valence-corrected chi connectivity index (χ0v) is 16.8. The highest BCUT2D eigenvalue weighted by Crippen LogP contribution is 2.18. The Balaban J connectivity index is 1.81. The summed E-state index contributed by atoms with van der Waals surface area (Å²) in [4.78, 5) is 35.2. The van der Waals surface area contributed by atoms with Gasteiger partial charge in [-0.2, -0.15) is 0 Å². The number of ether oxygens (including phenoxy) is 1. The van der Waals surface area contributed by atoms with Crippen LogP contribution in [0, 0.1) is 0 Å². The Bertz CT molecular complexity index is 842. The molecule has 0 heterocycles. The summed E-state index contributed by atoms with van der Waals surface area (Å²) in [6, 6.07) is 14.2. The molecule has 0 aliphatic carbocycles. The lowest BCUT2D eigenvalue weighted by molar-refractivity contribution is -0.118. The third-order valence-corrected chi connectivity index (χ3v) is 4.21. The second-order valence-corrected chi connectivity index (χ2v) is 6.89. The van der Waals surface area contributed by atoms with E-state index in [1.165, 1.54) is 0 Å². The van der Waals surface area contributed by atoms with E-state index in [1.54, 1.807) is 24.3 Å². The molecule has 0 atom stereocenters. The van der Waals surface area contributed by atoms with Gasteiger partial charge in [-0.3, -0.25) is 14.4 Å². The van der Waals surface area contributed by atoms with Crippen LogP contribution in [-0.2, 0) is 9.59 Å². The first-order valence-electron chi connectivity index (χ1n) is 8.79. The number of nitrogens with one attached hydrogen (secondary N) is 2. The van der Waals surface area contributed by atoms with E-state index in [-0.39, 0.29) is 31.2 Å². The highest BCUT2D eigenvalue weighted by atomic mass is 79.9. The lowest BCUT2D eigenvalue weighted by atomic mass is 10.1. The number of amides is 3. The number of para-hydroxylation sites is 1. The molecule has 0 saturated heterocycles. The molecule has 7 nitrogen and oxygen atoms in total. The zero-order valence-electron chi connectivity index (χ0n) is 15.2. The van der Waals surface area contributed by atoms with Gasteiger partial charge in [-0.25, -0.2) is 0 Å². The molecular formula is C20H22BrN3O4. The second-order valence-electron chi connectivity index (χ2n) is 5.98. The Kier molecular flexibility index (Phi) is 8.48. The third-order valence-electron chi connectivity index (χ3n) is 3.72. The van der Waals surface area contributed by atoms with Crippen LogP contribution in [0.15, 0.2) is 53.0 Å². The average Bonchev–Trinajstić information content (AvgIpc) is 2.65. The zero-order chi connectivity index (χ0) is 20.4. The van der Waals surface area contributed by atoms with E-state index in [1.807, 2.05) is 24.3 Å². The molecular weight excluding hydrogens is 426 g/mol. The predicted molar refractivity (Wildman–Crippen MR) is 110 cm³/mol. The van der Waals surface area contributed by atoms with Gasteiger partial charge in [-0.05, 0) is 36.8 Å². The normalized spacial score (nSPS) is 10.2. The Morgan fingerprint density at radius 2 is 1.82 bits per heavy atom. The van der Waals surface area contributed by atoms with Crippen molar-refractivity contribution in [2.45, 2.75) is 19.3 Å². The number of anilines is 1. The number of rotatable bonds is 10. The summed E-state index contributed by atoms with van der Waals surface area (Å²) in [7, 11) is 0. The van der Waals surface area contributed by atoms with Gasteiger partial charge < -0.3 is 21.1 Å². The summed E-state index contributed by atoms with van der Waals surface area (Å²) in [5.74, 6) is -0.356. The van der Waals surface area contributed by atoms with Crippen LogP contribution >= 0.6 is 15.9 Å². The summed E-state index contributed by atoms with van der Waals surface area (Å²) in [5.41, 5.74) is 5.79. The van der Waals surface area contributed by atoms with Crippen molar-refractivity contribution in [3.05, 3.63) is 58.6 Å². The van der Waals surface area contributed by atoms with Gasteiger partial charge in [0.15, 0.2) is 0 Å². The molecule has 0 radical (unpaired) electrons. The van der Waals surface area contributed by atoms with Crippen molar-refractivity contribution in [3.8, 4) is 5.75 Å². The number of halogens is 1. The van der Waals surface area contributed by atoms with Crippen LogP contribution in [0.3, 0.4) is 0 Å². The van der Waals surface area contributed by atoms with E-state index < -0.39 is 5.91 Å². The maximum Gasteiger partial charge on any atom is 0.253 e. The van der Waals surface area contributed by atoms with Gasteiger partial charge in [0.1, 0.15) is 5.75 Å². The fourth-order valence-corrected chi connectivity index (χ4v) is 2.76. The molecule has 0 bridgehead atoms. The van der Waals surface area contributed by atoms with Crippen molar-refractivity contribution in [3.63, 3.8) is 0 Å². The van der Waals surface area contributed by atoms with Crippen LogP contribution in [-0.4, -0.2) is 30.9 Å². The first-order valence-corrected chi connectivity index (χ1v) is 9.59. The molecule has 0 aliphatic rings. The van der Waals surface area contributed by atoms with Gasteiger partial charge in [0.2, 0.25) is 11.8 Å². The minimum absolute atomic E-state index is 0.0538. The first kappa shape index (κ1) is 21.4. The molecule has 0 aromatic heterocycles. The number of hydrogen-bond donors (Lipinski definition) is 3. The van der Waals surface area contributed by atoms with Crippen LogP contribution in [0.5, 0.6) is 5.75 Å².